The zero-order chi connectivity index (χ0) is 12.7. The van der Waals surface area contributed by atoms with Crippen molar-refractivity contribution in [2.75, 3.05) is 6.54 Å². The van der Waals surface area contributed by atoms with Crippen molar-refractivity contribution in [1.82, 2.24) is 0 Å². The first-order chi connectivity index (χ1) is 7.38. The van der Waals surface area contributed by atoms with E-state index in [0.717, 1.165) is 0 Å². The van der Waals surface area contributed by atoms with Gasteiger partial charge in [-0.2, -0.15) is 0 Å². The van der Waals surface area contributed by atoms with Crippen LogP contribution in [0.4, 0.5) is 0 Å². The summed E-state index contributed by atoms with van der Waals surface area (Å²) in [6, 6.07) is -1.06. The largest absolute Gasteiger partial charge is 0.480 e. The Hall–Kier alpha value is -1.40. The van der Waals surface area contributed by atoms with Gasteiger partial charge in [0.15, 0.2) is 0 Å². The second kappa shape index (κ2) is 6.97. The van der Waals surface area contributed by atoms with Crippen molar-refractivity contribution in [3.63, 3.8) is 0 Å². The number of aliphatic carboxylic acids is 1. The highest BCUT2D eigenvalue weighted by Gasteiger charge is 2.21. The van der Waals surface area contributed by atoms with Gasteiger partial charge >= 0.3 is 11.9 Å². The molecule has 0 saturated heterocycles. The van der Waals surface area contributed by atoms with Crippen LogP contribution in [-0.2, 0) is 14.3 Å². The maximum Gasteiger partial charge on any atom is 0.333 e. The Morgan fingerprint density at radius 2 is 2.06 bits per heavy atom. The summed E-state index contributed by atoms with van der Waals surface area (Å²) in [7, 11) is 0. The molecular formula is C10H18N2O4. The van der Waals surface area contributed by atoms with E-state index in [0.29, 0.717) is 13.0 Å². The minimum Gasteiger partial charge on any atom is -0.480 e. The van der Waals surface area contributed by atoms with Crippen LogP contribution in [-0.4, -0.2) is 35.7 Å². The summed E-state index contributed by atoms with van der Waals surface area (Å²) >= 11 is 0. The quantitative estimate of drug-likeness (QED) is 0.406. The Kier molecular flexibility index (Phi) is 6.36. The van der Waals surface area contributed by atoms with E-state index in [-0.39, 0.29) is 12.0 Å². The van der Waals surface area contributed by atoms with Crippen molar-refractivity contribution >= 4 is 11.9 Å². The van der Waals surface area contributed by atoms with Crippen molar-refractivity contribution < 1.29 is 19.4 Å². The number of hydrogen-bond acceptors (Lipinski definition) is 5. The summed E-state index contributed by atoms with van der Waals surface area (Å²) in [5.74, 6) is -1.69. The van der Waals surface area contributed by atoms with Gasteiger partial charge in [0.25, 0.3) is 0 Å². The number of carboxylic acid groups (broad SMARTS) is 1. The fourth-order valence-corrected chi connectivity index (χ4v) is 1.05. The molecule has 0 aromatic rings. The summed E-state index contributed by atoms with van der Waals surface area (Å²) in [6.07, 6.45) is -0.161. The molecule has 1 unspecified atom stereocenters. The van der Waals surface area contributed by atoms with Gasteiger partial charge in [-0.1, -0.05) is 6.58 Å². The molecule has 0 aliphatic carbocycles. The van der Waals surface area contributed by atoms with Gasteiger partial charge < -0.3 is 21.3 Å². The monoisotopic (exact) mass is 230 g/mol. The lowest BCUT2D eigenvalue weighted by Crippen LogP contribution is -2.36. The molecule has 6 nitrogen and oxygen atoms in total. The van der Waals surface area contributed by atoms with E-state index in [1.165, 1.54) is 6.92 Å². The summed E-state index contributed by atoms with van der Waals surface area (Å²) in [5, 5.41) is 8.63. The zero-order valence-electron chi connectivity index (χ0n) is 9.31. The van der Waals surface area contributed by atoms with E-state index in [2.05, 4.69) is 6.58 Å². The highest BCUT2D eigenvalue weighted by atomic mass is 16.5. The summed E-state index contributed by atoms with van der Waals surface area (Å²) in [4.78, 5) is 21.8. The number of ether oxygens (including phenoxy) is 1. The molecule has 0 bridgehead atoms. The fraction of sp³-hybridized carbons (Fsp3) is 0.600. The number of rotatable bonds is 7. The number of esters is 1. The molecule has 0 fully saturated rings. The van der Waals surface area contributed by atoms with Gasteiger partial charge in [-0.3, -0.25) is 4.79 Å². The number of carbonyl (C=O) groups excluding carboxylic acids is 1. The molecule has 16 heavy (non-hydrogen) atoms. The molecule has 5 N–H and O–H groups in total. The minimum atomic E-state index is -1.13. The predicted molar refractivity (Wildman–Crippen MR) is 58.6 cm³/mol. The van der Waals surface area contributed by atoms with Crippen molar-refractivity contribution in [1.29, 1.82) is 0 Å². The smallest absolute Gasteiger partial charge is 0.333 e. The molecule has 0 aromatic carbocycles. The SMILES string of the molecule is C=C(C)C(=O)OC(CCN)C[C@H](N)C(=O)O. The highest BCUT2D eigenvalue weighted by molar-refractivity contribution is 5.87. The third-order valence-corrected chi connectivity index (χ3v) is 1.94. The summed E-state index contributed by atoms with van der Waals surface area (Å²) < 4.78 is 5.01. The molecule has 92 valence electrons. The molecule has 0 amide bonds. The van der Waals surface area contributed by atoms with Gasteiger partial charge in [0.05, 0.1) is 0 Å². The Balaban J connectivity index is 4.32. The average Bonchev–Trinajstić information content (AvgIpc) is 2.17. The van der Waals surface area contributed by atoms with Crippen LogP contribution in [0.25, 0.3) is 0 Å². The molecule has 0 radical (unpaired) electrons. The molecular weight excluding hydrogens is 212 g/mol. The lowest BCUT2D eigenvalue weighted by molar-refractivity contribution is -0.148. The van der Waals surface area contributed by atoms with E-state index >= 15 is 0 Å². The Bertz CT molecular complexity index is 278. The third kappa shape index (κ3) is 5.47. The van der Waals surface area contributed by atoms with Gasteiger partial charge in [0.2, 0.25) is 0 Å². The van der Waals surface area contributed by atoms with Crippen LogP contribution in [0.1, 0.15) is 19.8 Å². The lowest BCUT2D eigenvalue weighted by atomic mass is 10.1. The highest BCUT2D eigenvalue weighted by Crippen LogP contribution is 2.08. The van der Waals surface area contributed by atoms with Crippen LogP contribution in [0, 0.1) is 0 Å². The van der Waals surface area contributed by atoms with Gasteiger partial charge in [-0.05, 0) is 19.9 Å². The average molecular weight is 230 g/mol. The molecule has 0 heterocycles. The van der Waals surface area contributed by atoms with Gasteiger partial charge in [-0.25, -0.2) is 4.79 Å². The van der Waals surface area contributed by atoms with E-state index in [4.69, 9.17) is 21.3 Å². The number of carbonyl (C=O) groups is 2. The van der Waals surface area contributed by atoms with E-state index in [1.807, 2.05) is 0 Å². The second-order valence-electron chi connectivity index (χ2n) is 3.57. The topological polar surface area (TPSA) is 116 Å². The zero-order valence-corrected chi connectivity index (χ0v) is 9.31. The fourth-order valence-electron chi connectivity index (χ4n) is 1.05. The molecule has 2 atom stereocenters. The first-order valence-electron chi connectivity index (χ1n) is 4.93. The van der Waals surface area contributed by atoms with Crippen molar-refractivity contribution in [2.45, 2.75) is 31.9 Å². The summed E-state index contributed by atoms with van der Waals surface area (Å²) in [6.45, 7) is 5.23. The van der Waals surface area contributed by atoms with Crippen LogP contribution in [0.3, 0.4) is 0 Å². The molecule has 0 saturated carbocycles. The van der Waals surface area contributed by atoms with Gasteiger partial charge in [-0.15, -0.1) is 0 Å². The van der Waals surface area contributed by atoms with E-state index in [9.17, 15) is 9.59 Å². The Morgan fingerprint density at radius 1 is 1.50 bits per heavy atom. The van der Waals surface area contributed by atoms with E-state index in [1.54, 1.807) is 0 Å². The maximum absolute atomic E-state index is 11.2. The van der Waals surface area contributed by atoms with Crippen molar-refractivity contribution in [2.24, 2.45) is 11.5 Å². The molecule has 0 rings (SSSR count). The van der Waals surface area contributed by atoms with Crippen LogP contribution in [0.5, 0.6) is 0 Å². The Labute approximate surface area is 94.2 Å². The lowest BCUT2D eigenvalue weighted by Gasteiger charge is -2.19. The third-order valence-electron chi connectivity index (χ3n) is 1.94. The molecule has 6 heteroatoms. The van der Waals surface area contributed by atoms with Crippen LogP contribution >= 0.6 is 0 Å². The Morgan fingerprint density at radius 3 is 2.44 bits per heavy atom. The van der Waals surface area contributed by atoms with Gasteiger partial charge in [0, 0.05) is 12.0 Å². The normalized spacial score (nSPS) is 13.9. The standard InChI is InChI=1S/C10H18N2O4/c1-6(2)10(15)16-7(3-4-11)5-8(12)9(13)14/h7-8H,1,3-5,11-12H2,2H3,(H,13,14)/t7?,8-/m0/s1. The van der Waals surface area contributed by atoms with Gasteiger partial charge in [0.1, 0.15) is 12.1 Å². The predicted octanol–water partition coefficient (Wildman–Crippen LogP) is -0.375. The van der Waals surface area contributed by atoms with Crippen LogP contribution < -0.4 is 11.5 Å². The van der Waals surface area contributed by atoms with Crippen LogP contribution in [0.15, 0.2) is 12.2 Å². The number of nitrogens with two attached hydrogens (primary N) is 2. The number of carboxylic acids is 1. The first-order valence-corrected chi connectivity index (χ1v) is 4.93. The second-order valence-corrected chi connectivity index (χ2v) is 3.57. The number of hydrogen-bond donors (Lipinski definition) is 3. The molecule has 0 aromatic heterocycles. The first kappa shape index (κ1) is 14.6. The van der Waals surface area contributed by atoms with Crippen molar-refractivity contribution in [3.8, 4) is 0 Å². The maximum atomic E-state index is 11.2. The van der Waals surface area contributed by atoms with Crippen LogP contribution in [0.2, 0.25) is 0 Å². The molecule has 0 spiro atoms. The molecule has 0 aliphatic heterocycles. The molecule has 0 aliphatic rings. The van der Waals surface area contributed by atoms with Crippen molar-refractivity contribution in [3.05, 3.63) is 12.2 Å². The van der Waals surface area contributed by atoms with E-state index < -0.39 is 24.1 Å². The minimum absolute atomic E-state index is 0.0472. The summed E-state index contributed by atoms with van der Waals surface area (Å²) in [5.41, 5.74) is 10.9.